The van der Waals surface area contributed by atoms with Gasteiger partial charge in [0.05, 0.1) is 11.0 Å². The number of fused-ring (bicyclic) bond motifs is 1. The van der Waals surface area contributed by atoms with Gasteiger partial charge < -0.3 is 5.73 Å². The summed E-state index contributed by atoms with van der Waals surface area (Å²) < 4.78 is 2.69. The van der Waals surface area contributed by atoms with Crippen LogP contribution in [-0.4, -0.2) is 15.0 Å². The summed E-state index contributed by atoms with van der Waals surface area (Å²) in [7, 11) is 1.66. The number of aryl methyl sites for hydroxylation is 2. The van der Waals surface area contributed by atoms with Crippen molar-refractivity contribution in [2.75, 3.05) is 5.73 Å². The van der Waals surface area contributed by atoms with Crippen molar-refractivity contribution in [1.29, 1.82) is 0 Å². The summed E-state index contributed by atoms with van der Waals surface area (Å²) in [5.41, 5.74) is 7.25. The zero-order chi connectivity index (χ0) is 15.0. The van der Waals surface area contributed by atoms with Crippen LogP contribution < -0.4 is 11.4 Å². The predicted molar refractivity (Wildman–Crippen MR) is 84.9 cm³/mol. The van der Waals surface area contributed by atoms with Crippen molar-refractivity contribution in [1.82, 2.24) is 9.13 Å². The smallest absolute Gasteiger partial charge is 0.335 e. The molecule has 0 fully saturated rings. The largest absolute Gasteiger partial charge is 0.399 e. The Kier molecular flexibility index (Phi) is 3.39. The van der Waals surface area contributed by atoms with Gasteiger partial charge in [-0.15, -0.1) is 11.3 Å². The van der Waals surface area contributed by atoms with E-state index in [0.29, 0.717) is 29.6 Å². The van der Waals surface area contributed by atoms with E-state index in [1.165, 1.54) is 9.13 Å². The van der Waals surface area contributed by atoms with Gasteiger partial charge >= 0.3 is 5.69 Å². The molecule has 1 aromatic carbocycles. The standard InChI is InChI=1S/C15H15N3O2S/c1-17-12-6-4-10(16)9-13(12)18(15(17)20)14(19)7-5-11-3-2-8-21-11/h2-4,6,8-9H,5,7,16H2,1H3. The third-order valence-corrected chi connectivity index (χ3v) is 4.43. The zero-order valence-electron chi connectivity index (χ0n) is 11.6. The molecule has 0 spiro atoms. The molecular weight excluding hydrogens is 286 g/mol. The second-order valence-electron chi connectivity index (χ2n) is 4.90. The van der Waals surface area contributed by atoms with Crippen molar-refractivity contribution in [3.8, 4) is 0 Å². The molecule has 0 saturated heterocycles. The minimum atomic E-state index is -0.327. The molecule has 108 valence electrons. The lowest BCUT2D eigenvalue weighted by atomic mass is 10.2. The number of nitrogens with zero attached hydrogens (tertiary/aromatic N) is 2. The normalized spacial score (nSPS) is 11.1. The van der Waals surface area contributed by atoms with Crippen molar-refractivity contribution in [3.63, 3.8) is 0 Å². The maximum Gasteiger partial charge on any atom is 0.335 e. The van der Waals surface area contributed by atoms with Crippen LogP contribution in [0, 0.1) is 0 Å². The number of benzene rings is 1. The van der Waals surface area contributed by atoms with Crippen molar-refractivity contribution >= 4 is 34.0 Å². The Morgan fingerprint density at radius 1 is 1.29 bits per heavy atom. The average Bonchev–Trinajstić information content (AvgIpc) is 3.05. The first-order chi connectivity index (χ1) is 10.1. The molecule has 3 rings (SSSR count). The van der Waals surface area contributed by atoms with Gasteiger partial charge in [0.1, 0.15) is 0 Å². The number of hydrogen-bond donors (Lipinski definition) is 1. The Morgan fingerprint density at radius 2 is 2.10 bits per heavy atom. The van der Waals surface area contributed by atoms with Crippen LogP contribution in [0.25, 0.3) is 11.0 Å². The SMILES string of the molecule is Cn1c(=O)n(C(=O)CCc2cccs2)c2cc(N)ccc21. The Morgan fingerprint density at radius 3 is 2.81 bits per heavy atom. The van der Waals surface area contributed by atoms with Gasteiger partial charge in [0.2, 0.25) is 5.91 Å². The number of nitrogens with two attached hydrogens (primary N) is 1. The van der Waals surface area contributed by atoms with Crippen molar-refractivity contribution in [2.45, 2.75) is 12.8 Å². The fourth-order valence-corrected chi connectivity index (χ4v) is 3.11. The molecule has 2 N–H and O–H groups in total. The highest BCUT2D eigenvalue weighted by molar-refractivity contribution is 7.09. The Balaban J connectivity index is 1.99. The van der Waals surface area contributed by atoms with Crippen molar-refractivity contribution in [2.24, 2.45) is 7.05 Å². The summed E-state index contributed by atoms with van der Waals surface area (Å²) in [4.78, 5) is 25.8. The van der Waals surface area contributed by atoms with E-state index in [2.05, 4.69) is 0 Å². The number of imidazole rings is 1. The maximum atomic E-state index is 12.4. The van der Waals surface area contributed by atoms with Gasteiger partial charge in [-0.25, -0.2) is 9.36 Å². The van der Waals surface area contributed by atoms with Gasteiger partial charge in [-0.3, -0.25) is 9.36 Å². The highest BCUT2D eigenvalue weighted by atomic mass is 32.1. The molecule has 0 bridgehead atoms. The molecule has 5 nitrogen and oxygen atoms in total. The first-order valence-corrected chi connectivity index (χ1v) is 7.48. The summed E-state index contributed by atoms with van der Waals surface area (Å²) in [6.07, 6.45) is 0.940. The molecule has 0 aliphatic rings. The van der Waals surface area contributed by atoms with Gasteiger partial charge in [-0.2, -0.15) is 0 Å². The van der Waals surface area contributed by atoms with E-state index in [4.69, 9.17) is 5.73 Å². The number of thiophene rings is 1. The number of carbonyl (C=O) groups is 1. The Hall–Kier alpha value is -2.34. The molecule has 3 aromatic rings. The average molecular weight is 301 g/mol. The van der Waals surface area contributed by atoms with Crippen LogP contribution in [0.2, 0.25) is 0 Å². The molecule has 2 heterocycles. The lowest BCUT2D eigenvalue weighted by Gasteiger charge is -2.02. The Labute approximate surface area is 125 Å². The molecule has 0 aliphatic heterocycles. The van der Waals surface area contributed by atoms with Crippen LogP contribution in [0.3, 0.4) is 0 Å². The van der Waals surface area contributed by atoms with Gasteiger partial charge in [-0.05, 0) is 36.1 Å². The van der Waals surface area contributed by atoms with Crippen molar-refractivity contribution < 1.29 is 4.79 Å². The molecule has 0 amide bonds. The first kappa shape index (κ1) is 13.6. The first-order valence-electron chi connectivity index (χ1n) is 6.60. The second-order valence-corrected chi connectivity index (χ2v) is 5.93. The van der Waals surface area contributed by atoms with Gasteiger partial charge in [-0.1, -0.05) is 6.07 Å². The number of aromatic nitrogens is 2. The van der Waals surface area contributed by atoms with E-state index in [1.54, 1.807) is 36.6 Å². The second kappa shape index (κ2) is 5.21. The molecular formula is C15H15N3O2S. The van der Waals surface area contributed by atoms with Crippen molar-refractivity contribution in [3.05, 3.63) is 51.1 Å². The summed E-state index contributed by atoms with van der Waals surface area (Å²) in [6.45, 7) is 0. The molecule has 0 saturated carbocycles. The molecule has 2 aromatic heterocycles. The highest BCUT2D eigenvalue weighted by Crippen LogP contribution is 2.17. The van der Waals surface area contributed by atoms with Crippen LogP contribution in [0.5, 0.6) is 0 Å². The van der Waals surface area contributed by atoms with Gasteiger partial charge in [0, 0.05) is 24.0 Å². The third-order valence-electron chi connectivity index (χ3n) is 3.49. The van der Waals surface area contributed by atoms with Gasteiger partial charge in [0.15, 0.2) is 0 Å². The van der Waals surface area contributed by atoms with E-state index >= 15 is 0 Å². The summed E-state index contributed by atoms with van der Waals surface area (Å²) in [5.74, 6) is -0.204. The van der Waals surface area contributed by atoms with E-state index in [-0.39, 0.29) is 11.6 Å². The van der Waals surface area contributed by atoms with Crippen LogP contribution in [0.4, 0.5) is 5.69 Å². The van der Waals surface area contributed by atoms with E-state index in [9.17, 15) is 9.59 Å². The minimum absolute atomic E-state index is 0.204. The molecule has 0 unspecified atom stereocenters. The van der Waals surface area contributed by atoms with Crippen LogP contribution in [-0.2, 0) is 13.5 Å². The fourth-order valence-electron chi connectivity index (χ4n) is 2.40. The summed E-state index contributed by atoms with van der Waals surface area (Å²) >= 11 is 1.61. The predicted octanol–water partition coefficient (Wildman–Crippen LogP) is 2.26. The van der Waals surface area contributed by atoms with E-state index < -0.39 is 0 Å². The summed E-state index contributed by atoms with van der Waals surface area (Å²) in [5, 5.41) is 1.98. The molecule has 0 aliphatic carbocycles. The van der Waals surface area contributed by atoms with E-state index in [1.807, 2.05) is 17.5 Å². The minimum Gasteiger partial charge on any atom is -0.399 e. The molecule has 0 atom stereocenters. The summed E-state index contributed by atoms with van der Waals surface area (Å²) in [6, 6.07) is 9.09. The van der Waals surface area contributed by atoms with Crippen LogP contribution in [0.1, 0.15) is 16.1 Å². The number of nitrogen functional groups attached to an aromatic ring is 1. The highest BCUT2D eigenvalue weighted by Gasteiger charge is 2.16. The van der Waals surface area contributed by atoms with E-state index in [0.717, 1.165) is 4.88 Å². The van der Waals surface area contributed by atoms with Gasteiger partial charge in [0.25, 0.3) is 0 Å². The molecule has 0 radical (unpaired) electrons. The lowest BCUT2D eigenvalue weighted by Crippen LogP contribution is -2.27. The number of rotatable bonds is 3. The quantitative estimate of drug-likeness (QED) is 0.754. The maximum absolute atomic E-state index is 12.4. The topological polar surface area (TPSA) is 70.0 Å². The molecule has 6 heteroatoms. The zero-order valence-corrected chi connectivity index (χ0v) is 12.4. The lowest BCUT2D eigenvalue weighted by molar-refractivity contribution is 0.0903. The number of hydrogen-bond acceptors (Lipinski definition) is 4. The number of anilines is 1. The Bertz CT molecular complexity index is 859. The number of carbonyl (C=O) groups excluding carboxylic acids is 1. The van der Waals surface area contributed by atoms with Crippen LogP contribution in [0.15, 0.2) is 40.5 Å². The third kappa shape index (κ3) is 2.38. The monoisotopic (exact) mass is 301 g/mol. The fraction of sp³-hybridized carbons (Fsp3) is 0.200. The molecule has 21 heavy (non-hydrogen) atoms. The van der Waals surface area contributed by atoms with Crippen LogP contribution >= 0.6 is 11.3 Å².